The molecule has 0 aromatic heterocycles. The van der Waals surface area contributed by atoms with E-state index in [9.17, 15) is 0 Å². The average Bonchev–Trinajstić information content (AvgIpc) is 2.18. The molecule has 1 atom stereocenters. The van der Waals surface area contributed by atoms with Crippen LogP contribution in [0, 0.1) is 11.3 Å². The number of nitriles is 1. The smallest absolute Gasteiger partial charge is 0.0991 e. The number of nitrogens with one attached hydrogen (secondary N) is 1. The molecule has 0 amide bonds. The van der Waals surface area contributed by atoms with E-state index in [1.165, 1.54) is 11.1 Å². The molecule has 1 aromatic carbocycles. The van der Waals surface area contributed by atoms with Crippen molar-refractivity contribution in [1.29, 1.82) is 5.26 Å². The summed E-state index contributed by atoms with van der Waals surface area (Å²) in [7, 11) is 0. The highest BCUT2D eigenvalue weighted by atomic mass is 14.9. The van der Waals surface area contributed by atoms with Crippen LogP contribution >= 0.6 is 0 Å². The van der Waals surface area contributed by atoms with Crippen LogP contribution in [0.5, 0.6) is 0 Å². The first kappa shape index (κ1) is 8.28. The summed E-state index contributed by atoms with van der Waals surface area (Å²) in [6.07, 6.45) is 1.04. The first-order valence-electron chi connectivity index (χ1n) is 4.57. The maximum Gasteiger partial charge on any atom is 0.0991 e. The molecule has 1 unspecified atom stereocenters. The monoisotopic (exact) mass is 172 g/mol. The number of hydrogen-bond acceptors (Lipinski definition) is 2. The lowest BCUT2D eigenvalue weighted by molar-refractivity contribution is 0.541. The van der Waals surface area contributed by atoms with Gasteiger partial charge in [0.25, 0.3) is 0 Å². The topological polar surface area (TPSA) is 35.8 Å². The SMILES string of the molecule is CC1NCCc2cc(C#N)ccc21. The molecule has 0 bridgehead atoms. The Balaban J connectivity index is 2.47. The van der Waals surface area contributed by atoms with E-state index in [2.05, 4.69) is 24.4 Å². The zero-order valence-corrected chi connectivity index (χ0v) is 7.67. The summed E-state index contributed by atoms with van der Waals surface area (Å²) in [5, 5.41) is 12.1. The Bertz CT molecular complexity index is 363. The molecule has 0 fully saturated rings. The lowest BCUT2D eigenvalue weighted by Crippen LogP contribution is -2.27. The van der Waals surface area contributed by atoms with Gasteiger partial charge in [0.15, 0.2) is 0 Å². The lowest BCUT2D eigenvalue weighted by Gasteiger charge is -2.23. The van der Waals surface area contributed by atoms with Crippen molar-refractivity contribution in [2.45, 2.75) is 19.4 Å². The zero-order chi connectivity index (χ0) is 9.26. The fourth-order valence-electron chi connectivity index (χ4n) is 1.85. The minimum absolute atomic E-state index is 0.427. The maximum absolute atomic E-state index is 8.74. The van der Waals surface area contributed by atoms with E-state index in [4.69, 9.17) is 5.26 Å². The van der Waals surface area contributed by atoms with Crippen molar-refractivity contribution in [3.05, 3.63) is 34.9 Å². The molecule has 1 aromatic rings. The van der Waals surface area contributed by atoms with Crippen molar-refractivity contribution in [2.24, 2.45) is 0 Å². The predicted octanol–water partition coefficient (Wildman–Crippen LogP) is 1.76. The second kappa shape index (κ2) is 3.20. The van der Waals surface area contributed by atoms with Crippen molar-refractivity contribution in [2.75, 3.05) is 6.54 Å². The first-order chi connectivity index (χ1) is 6.31. The van der Waals surface area contributed by atoms with Crippen molar-refractivity contribution in [3.63, 3.8) is 0 Å². The predicted molar refractivity (Wildman–Crippen MR) is 51.3 cm³/mol. The normalized spacial score (nSPS) is 20.5. The fraction of sp³-hybridized carbons (Fsp3) is 0.364. The first-order valence-corrected chi connectivity index (χ1v) is 4.57. The molecule has 0 saturated heterocycles. The quantitative estimate of drug-likeness (QED) is 0.647. The van der Waals surface area contributed by atoms with Crippen LogP contribution in [0.4, 0.5) is 0 Å². The van der Waals surface area contributed by atoms with Crippen LogP contribution < -0.4 is 5.32 Å². The van der Waals surface area contributed by atoms with Crippen molar-refractivity contribution in [1.82, 2.24) is 5.32 Å². The highest BCUT2D eigenvalue weighted by molar-refractivity contribution is 5.40. The van der Waals surface area contributed by atoms with Crippen LogP contribution in [0.25, 0.3) is 0 Å². The van der Waals surface area contributed by atoms with E-state index in [-0.39, 0.29) is 0 Å². The van der Waals surface area contributed by atoms with Crippen LogP contribution in [-0.4, -0.2) is 6.54 Å². The van der Waals surface area contributed by atoms with E-state index >= 15 is 0 Å². The summed E-state index contributed by atoms with van der Waals surface area (Å²) >= 11 is 0. The van der Waals surface area contributed by atoms with Gasteiger partial charge in [-0.05, 0) is 43.1 Å². The lowest BCUT2D eigenvalue weighted by atomic mass is 9.94. The Morgan fingerprint density at radius 3 is 3.15 bits per heavy atom. The molecule has 2 nitrogen and oxygen atoms in total. The van der Waals surface area contributed by atoms with E-state index in [0.29, 0.717) is 6.04 Å². The second-order valence-corrected chi connectivity index (χ2v) is 3.45. The molecule has 0 aliphatic carbocycles. The molecule has 0 radical (unpaired) electrons. The summed E-state index contributed by atoms with van der Waals surface area (Å²) in [6, 6.07) is 8.56. The molecule has 66 valence electrons. The minimum atomic E-state index is 0.427. The van der Waals surface area contributed by atoms with Crippen molar-refractivity contribution >= 4 is 0 Å². The van der Waals surface area contributed by atoms with Crippen LogP contribution in [0.1, 0.15) is 29.7 Å². The number of benzene rings is 1. The van der Waals surface area contributed by atoms with E-state index < -0.39 is 0 Å². The summed E-state index contributed by atoms with van der Waals surface area (Å²) in [4.78, 5) is 0. The molecule has 1 N–H and O–H groups in total. The van der Waals surface area contributed by atoms with Gasteiger partial charge in [0.1, 0.15) is 0 Å². The Hall–Kier alpha value is -1.33. The molecular formula is C11H12N2. The van der Waals surface area contributed by atoms with Gasteiger partial charge in [-0.25, -0.2) is 0 Å². The van der Waals surface area contributed by atoms with Crippen LogP contribution in [0.15, 0.2) is 18.2 Å². The Morgan fingerprint density at radius 2 is 2.38 bits per heavy atom. The molecule has 2 heteroatoms. The molecule has 1 aliphatic rings. The molecule has 0 saturated carbocycles. The molecule has 2 rings (SSSR count). The minimum Gasteiger partial charge on any atom is -0.310 e. The fourth-order valence-corrected chi connectivity index (χ4v) is 1.85. The third-order valence-electron chi connectivity index (χ3n) is 2.58. The van der Waals surface area contributed by atoms with Gasteiger partial charge in [-0.3, -0.25) is 0 Å². The Kier molecular flexibility index (Phi) is 2.03. The Labute approximate surface area is 78.2 Å². The van der Waals surface area contributed by atoms with E-state index in [0.717, 1.165) is 18.5 Å². The number of fused-ring (bicyclic) bond motifs is 1. The van der Waals surface area contributed by atoms with Gasteiger partial charge in [-0.1, -0.05) is 6.07 Å². The molecular weight excluding hydrogens is 160 g/mol. The van der Waals surface area contributed by atoms with Crippen LogP contribution in [-0.2, 0) is 6.42 Å². The van der Waals surface area contributed by atoms with Gasteiger partial charge in [0.2, 0.25) is 0 Å². The van der Waals surface area contributed by atoms with E-state index in [1.54, 1.807) is 0 Å². The molecule has 0 spiro atoms. The van der Waals surface area contributed by atoms with Crippen molar-refractivity contribution < 1.29 is 0 Å². The van der Waals surface area contributed by atoms with Gasteiger partial charge in [0, 0.05) is 6.04 Å². The van der Waals surface area contributed by atoms with Crippen LogP contribution in [0.3, 0.4) is 0 Å². The summed E-state index contributed by atoms with van der Waals surface area (Å²) in [6.45, 7) is 3.17. The van der Waals surface area contributed by atoms with Gasteiger partial charge in [-0.2, -0.15) is 5.26 Å². The highest BCUT2D eigenvalue weighted by Gasteiger charge is 2.15. The van der Waals surface area contributed by atoms with Crippen molar-refractivity contribution in [3.8, 4) is 6.07 Å². The molecule has 13 heavy (non-hydrogen) atoms. The standard InChI is InChI=1S/C11H12N2/c1-8-11-3-2-9(7-12)6-10(11)4-5-13-8/h2-3,6,8,13H,4-5H2,1H3. The summed E-state index contributed by atoms with van der Waals surface area (Å²) in [5.41, 5.74) is 3.43. The Morgan fingerprint density at radius 1 is 1.54 bits per heavy atom. The van der Waals surface area contributed by atoms with Gasteiger partial charge in [0.05, 0.1) is 11.6 Å². The highest BCUT2D eigenvalue weighted by Crippen LogP contribution is 2.22. The molecule has 1 heterocycles. The zero-order valence-electron chi connectivity index (χ0n) is 7.67. The largest absolute Gasteiger partial charge is 0.310 e. The third-order valence-corrected chi connectivity index (χ3v) is 2.58. The summed E-state index contributed by atoms with van der Waals surface area (Å²) < 4.78 is 0. The van der Waals surface area contributed by atoms with Gasteiger partial charge < -0.3 is 5.32 Å². The average molecular weight is 172 g/mol. The van der Waals surface area contributed by atoms with Gasteiger partial charge in [-0.15, -0.1) is 0 Å². The maximum atomic E-state index is 8.74. The second-order valence-electron chi connectivity index (χ2n) is 3.45. The number of hydrogen-bond donors (Lipinski definition) is 1. The van der Waals surface area contributed by atoms with E-state index in [1.807, 2.05) is 12.1 Å². The number of nitrogens with zero attached hydrogens (tertiary/aromatic N) is 1. The van der Waals surface area contributed by atoms with Crippen LogP contribution in [0.2, 0.25) is 0 Å². The van der Waals surface area contributed by atoms with Gasteiger partial charge >= 0.3 is 0 Å². The third kappa shape index (κ3) is 1.43. The number of rotatable bonds is 0. The molecule has 1 aliphatic heterocycles. The summed E-state index contributed by atoms with van der Waals surface area (Å²) in [5.74, 6) is 0.